The van der Waals surface area contributed by atoms with Gasteiger partial charge in [0, 0.05) is 22.5 Å². The first-order valence-corrected chi connectivity index (χ1v) is 7.12. The highest BCUT2D eigenvalue weighted by molar-refractivity contribution is 8.00. The Labute approximate surface area is 107 Å². The molecule has 0 aliphatic heterocycles. The molecule has 2 aromatic rings. The first-order chi connectivity index (χ1) is 8.31. The van der Waals surface area contributed by atoms with Crippen LogP contribution in [0.25, 0.3) is 10.9 Å². The Balaban J connectivity index is 1.92. The predicted molar refractivity (Wildman–Crippen MR) is 76.4 cm³/mol. The number of rotatable bonds is 6. The molecule has 17 heavy (non-hydrogen) atoms. The third-order valence-corrected chi connectivity index (χ3v) is 3.66. The number of hydrogen-bond donors (Lipinski definition) is 2. The minimum absolute atomic E-state index is 1.03. The van der Waals surface area contributed by atoms with Crippen molar-refractivity contribution < 1.29 is 0 Å². The molecular weight excluding hydrogens is 230 g/mol. The van der Waals surface area contributed by atoms with Gasteiger partial charge in [-0.1, -0.05) is 31.7 Å². The molecule has 2 N–H and O–H groups in total. The topological polar surface area (TPSA) is 40.7 Å². The molecule has 0 fully saturated rings. The minimum Gasteiger partial charge on any atom is -0.330 e. The Morgan fingerprint density at radius 2 is 2.24 bits per heavy atom. The van der Waals surface area contributed by atoms with Crippen LogP contribution in [0.2, 0.25) is 0 Å². The number of aromatic amines is 1. The van der Waals surface area contributed by atoms with E-state index in [0.717, 1.165) is 22.7 Å². The molecule has 0 unspecified atom stereocenters. The number of hydrogen-bond acceptors (Lipinski definition) is 3. The standard InChI is InChI=1S/C13H19N3S/c1-3-4-5-8-17-16-11-6-7-13-12(9-11)10(2)14-15-13/h6-7,9,16H,3-5,8H2,1-2H3,(H,14,15). The lowest BCUT2D eigenvalue weighted by Gasteiger charge is -2.05. The fourth-order valence-electron chi connectivity index (χ4n) is 1.76. The van der Waals surface area contributed by atoms with Crippen molar-refractivity contribution in [1.29, 1.82) is 0 Å². The fraction of sp³-hybridized carbons (Fsp3) is 0.462. The lowest BCUT2D eigenvalue weighted by atomic mass is 10.2. The van der Waals surface area contributed by atoms with E-state index in [4.69, 9.17) is 0 Å². The van der Waals surface area contributed by atoms with Gasteiger partial charge in [0.25, 0.3) is 0 Å². The molecule has 1 aromatic heterocycles. The number of anilines is 1. The van der Waals surface area contributed by atoms with Gasteiger partial charge in [0.2, 0.25) is 0 Å². The van der Waals surface area contributed by atoms with E-state index in [1.165, 1.54) is 24.6 Å². The van der Waals surface area contributed by atoms with Crippen molar-refractivity contribution in [3.8, 4) is 0 Å². The Morgan fingerprint density at radius 3 is 3.06 bits per heavy atom. The molecule has 0 bridgehead atoms. The summed E-state index contributed by atoms with van der Waals surface area (Å²) < 4.78 is 3.39. The van der Waals surface area contributed by atoms with Crippen molar-refractivity contribution in [1.82, 2.24) is 10.2 Å². The molecule has 3 nitrogen and oxygen atoms in total. The van der Waals surface area contributed by atoms with E-state index >= 15 is 0 Å². The van der Waals surface area contributed by atoms with E-state index in [9.17, 15) is 0 Å². The number of fused-ring (bicyclic) bond motifs is 1. The Kier molecular flexibility index (Phi) is 4.31. The molecule has 0 saturated carbocycles. The van der Waals surface area contributed by atoms with Crippen LogP contribution in [0.4, 0.5) is 5.69 Å². The molecule has 1 aromatic carbocycles. The smallest absolute Gasteiger partial charge is 0.0925 e. The summed E-state index contributed by atoms with van der Waals surface area (Å²) in [5.74, 6) is 1.16. The monoisotopic (exact) mass is 249 g/mol. The van der Waals surface area contributed by atoms with Crippen molar-refractivity contribution in [2.24, 2.45) is 0 Å². The molecule has 2 rings (SSSR count). The van der Waals surface area contributed by atoms with Gasteiger partial charge in [-0.2, -0.15) is 5.10 Å². The summed E-state index contributed by atoms with van der Waals surface area (Å²) in [6.07, 6.45) is 3.87. The molecule has 0 aliphatic carbocycles. The third kappa shape index (κ3) is 3.16. The SMILES string of the molecule is CCCCCSNc1ccc2n[nH]c(C)c2c1. The summed E-state index contributed by atoms with van der Waals surface area (Å²) in [7, 11) is 0. The molecule has 0 atom stereocenters. The van der Waals surface area contributed by atoms with Crippen molar-refractivity contribution in [2.75, 3.05) is 10.5 Å². The summed E-state index contributed by atoms with van der Waals surface area (Å²) >= 11 is 1.78. The molecule has 0 radical (unpaired) electrons. The van der Waals surface area contributed by atoms with Crippen LogP contribution >= 0.6 is 11.9 Å². The predicted octanol–water partition coefficient (Wildman–Crippen LogP) is 4.12. The molecule has 0 aliphatic rings. The van der Waals surface area contributed by atoms with Gasteiger partial charge in [0.1, 0.15) is 0 Å². The quantitative estimate of drug-likeness (QED) is 0.597. The zero-order chi connectivity index (χ0) is 12.1. The Bertz CT molecular complexity index is 478. The molecular formula is C13H19N3S. The Morgan fingerprint density at radius 1 is 1.35 bits per heavy atom. The second-order valence-electron chi connectivity index (χ2n) is 4.24. The van der Waals surface area contributed by atoms with Crippen molar-refractivity contribution in [3.05, 3.63) is 23.9 Å². The molecule has 0 amide bonds. The average Bonchev–Trinajstić information content (AvgIpc) is 2.71. The van der Waals surface area contributed by atoms with Gasteiger partial charge in [0.05, 0.1) is 5.52 Å². The lowest BCUT2D eigenvalue weighted by molar-refractivity contribution is 0.779. The van der Waals surface area contributed by atoms with Crippen LogP contribution in [-0.2, 0) is 0 Å². The number of benzene rings is 1. The highest BCUT2D eigenvalue weighted by atomic mass is 32.2. The lowest BCUT2D eigenvalue weighted by Crippen LogP contribution is -1.89. The number of aromatic nitrogens is 2. The maximum Gasteiger partial charge on any atom is 0.0925 e. The van der Waals surface area contributed by atoms with Gasteiger partial charge in [-0.15, -0.1) is 0 Å². The van der Waals surface area contributed by atoms with Crippen molar-refractivity contribution in [2.45, 2.75) is 33.1 Å². The maximum absolute atomic E-state index is 4.22. The van der Waals surface area contributed by atoms with Gasteiger partial charge in [-0.25, -0.2) is 0 Å². The number of nitrogens with zero attached hydrogens (tertiary/aromatic N) is 1. The molecule has 92 valence electrons. The normalized spacial score (nSPS) is 10.9. The first kappa shape index (κ1) is 12.3. The fourth-order valence-corrected chi connectivity index (χ4v) is 2.50. The van der Waals surface area contributed by atoms with Crippen LogP contribution in [0.1, 0.15) is 31.9 Å². The van der Waals surface area contributed by atoms with Crippen LogP contribution in [0.5, 0.6) is 0 Å². The second-order valence-corrected chi connectivity index (χ2v) is 5.14. The number of aryl methyl sites for hydroxylation is 1. The van der Waals surface area contributed by atoms with Crippen LogP contribution in [0.3, 0.4) is 0 Å². The van der Waals surface area contributed by atoms with E-state index in [1.807, 2.05) is 13.0 Å². The largest absolute Gasteiger partial charge is 0.330 e. The van der Waals surface area contributed by atoms with E-state index in [0.29, 0.717) is 0 Å². The number of nitrogens with one attached hydrogen (secondary N) is 2. The number of unbranched alkanes of at least 4 members (excludes halogenated alkanes) is 2. The van der Waals surface area contributed by atoms with Crippen molar-refractivity contribution >= 4 is 28.5 Å². The molecule has 4 heteroatoms. The Hall–Kier alpha value is -1.16. The molecule has 0 saturated heterocycles. The van der Waals surface area contributed by atoms with E-state index in [-0.39, 0.29) is 0 Å². The van der Waals surface area contributed by atoms with Crippen LogP contribution < -0.4 is 4.72 Å². The van der Waals surface area contributed by atoms with Crippen LogP contribution in [0.15, 0.2) is 18.2 Å². The molecule has 0 spiro atoms. The van der Waals surface area contributed by atoms with E-state index in [2.05, 4.69) is 34.0 Å². The number of H-pyrrole nitrogens is 1. The van der Waals surface area contributed by atoms with Gasteiger partial charge < -0.3 is 4.72 Å². The van der Waals surface area contributed by atoms with Gasteiger partial charge in [0.15, 0.2) is 0 Å². The van der Waals surface area contributed by atoms with Gasteiger partial charge in [-0.3, -0.25) is 5.10 Å². The van der Waals surface area contributed by atoms with E-state index < -0.39 is 0 Å². The highest BCUT2D eigenvalue weighted by Crippen LogP contribution is 2.22. The van der Waals surface area contributed by atoms with Gasteiger partial charge in [-0.05, 0) is 31.5 Å². The zero-order valence-electron chi connectivity index (χ0n) is 10.4. The summed E-state index contributed by atoms with van der Waals surface area (Å²) in [6, 6.07) is 6.28. The van der Waals surface area contributed by atoms with Crippen LogP contribution in [-0.4, -0.2) is 16.0 Å². The van der Waals surface area contributed by atoms with Gasteiger partial charge >= 0.3 is 0 Å². The summed E-state index contributed by atoms with van der Waals surface area (Å²) in [5.41, 5.74) is 3.31. The second kappa shape index (κ2) is 5.96. The third-order valence-electron chi connectivity index (χ3n) is 2.78. The summed E-state index contributed by atoms with van der Waals surface area (Å²) in [5, 5.41) is 8.42. The maximum atomic E-state index is 4.22. The summed E-state index contributed by atoms with van der Waals surface area (Å²) in [4.78, 5) is 0. The zero-order valence-corrected chi connectivity index (χ0v) is 11.2. The molecule has 1 heterocycles. The minimum atomic E-state index is 1.03. The average molecular weight is 249 g/mol. The van der Waals surface area contributed by atoms with E-state index in [1.54, 1.807) is 11.9 Å². The first-order valence-electron chi connectivity index (χ1n) is 6.14. The van der Waals surface area contributed by atoms with Crippen LogP contribution in [0, 0.1) is 6.92 Å². The summed E-state index contributed by atoms with van der Waals surface area (Å²) in [6.45, 7) is 4.28. The highest BCUT2D eigenvalue weighted by Gasteiger charge is 2.02. The van der Waals surface area contributed by atoms with Crippen molar-refractivity contribution in [3.63, 3.8) is 0 Å².